The number of phenolic OH excluding ortho intramolecular Hbond substituents is 1. The first-order chi connectivity index (χ1) is 7.50. The van der Waals surface area contributed by atoms with E-state index in [1.807, 2.05) is 19.2 Å². The van der Waals surface area contributed by atoms with Crippen molar-refractivity contribution in [1.29, 1.82) is 0 Å². The molecule has 1 aromatic rings. The van der Waals surface area contributed by atoms with E-state index >= 15 is 0 Å². The van der Waals surface area contributed by atoms with Gasteiger partial charge in [0, 0.05) is 24.7 Å². The third kappa shape index (κ3) is 3.14. The lowest BCUT2D eigenvalue weighted by Gasteiger charge is -2.32. The topological polar surface area (TPSA) is 43.7 Å². The molecule has 0 aromatic heterocycles. The van der Waals surface area contributed by atoms with Gasteiger partial charge < -0.3 is 15.1 Å². The molecule has 0 heterocycles. The van der Waals surface area contributed by atoms with Crippen molar-refractivity contribution in [3.05, 3.63) is 24.3 Å². The Balaban J connectivity index is 2.71. The standard InChI is InChI=1S/C13H21NO2/c1-4-13(2,10-15)9-14(3)11-5-7-12(16)8-6-11/h5-8,15-16H,4,9-10H2,1-3H3. The number of benzene rings is 1. The molecule has 1 aromatic carbocycles. The van der Waals surface area contributed by atoms with Crippen LogP contribution in [0.1, 0.15) is 20.3 Å². The zero-order valence-electron chi connectivity index (χ0n) is 10.3. The lowest BCUT2D eigenvalue weighted by Crippen LogP contribution is -2.35. The van der Waals surface area contributed by atoms with E-state index in [2.05, 4.69) is 18.7 Å². The molecule has 0 aliphatic heterocycles. The Morgan fingerprint density at radius 3 is 2.25 bits per heavy atom. The summed E-state index contributed by atoms with van der Waals surface area (Å²) in [5.41, 5.74) is 0.970. The summed E-state index contributed by atoms with van der Waals surface area (Å²) in [4.78, 5) is 2.10. The zero-order valence-corrected chi connectivity index (χ0v) is 10.3. The van der Waals surface area contributed by atoms with Crippen molar-refractivity contribution in [2.45, 2.75) is 20.3 Å². The number of aliphatic hydroxyl groups is 1. The average molecular weight is 223 g/mol. The number of rotatable bonds is 5. The van der Waals surface area contributed by atoms with E-state index in [-0.39, 0.29) is 17.8 Å². The normalized spacial score (nSPS) is 14.5. The Morgan fingerprint density at radius 1 is 1.25 bits per heavy atom. The molecular weight excluding hydrogens is 202 g/mol. The second kappa shape index (κ2) is 5.21. The number of aromatic hydroxyl groups is 1. The van der Waals surface area contributed by atoms with Gasteiger partial charge in [-0.2, -0.15) is 0 Å². The van der Waals surface area contributed by atoms with Crippen LogP contribution in [0.25, 0.3) is 0 Å². The third-order valence-electron chi connectivity index (χ3n) is 3.14. The first kappa shape index (κ1) is 12.8. The second-order valence-electron chi connectivity index (χ2n) is 4.69. The maximum atomic E-state index is 9.36. The van der Waals surface area contributed by atoms with Crippen molar-refractivity contribution in [2.24, 2.45) is 5.41 Å². The van der Waals surface area contributed by atoms with Crippen LogP contribution in [0.5, 0.6) is 5.75 Å². The van der Waals surface area contributed by atoms with E-state index in [0.717, 1.165) is 18.7 Å². The van der Waals surface area contributed by atoms with Crippen molar-refractivity contribution in [1.82, 2.24) is 0 Å². The van der Waals surface area contributed by atoms with Gasteiger partial charge >= 0.3 is 0 Å². The van der Waals surface area contributed by atoms with E-state index in [9.17, 15) is 10.2 Å². The predicted molar refractivity (Wildman–Crippen MR) is 66.9 cm³/mol. The van der Waals surface area contributed by atoms with E-state index in [4.69, 9.17) is 0 Å². The summed E-state index contributed by atoms with van der Waals surface area (Å²) in [5.74, 6) is 0.276. The molecule has 16 heavy (non-hydrogen) atoms. The SMILES string of the molecule is CCC(C)(CO)CN(C)c1ccc(O)cc1. The van der Waals surface area contributed by atoms with Gasteiger partial charge in [-0.15, -0.1) is 0 Å². The van der Waals surface area contributed by atoms with Crippen molar-refractivity contribution >= 4 is 5.69 Å². The molecule has 0 amide bonds. The lowest BCUT2D eigenvalue weighted by atomic mass is 9.88. The maximum Gasteiger partial charge on any atom is 0.115 e. The van der Waals surface area contributed by atoms with Gasteiger partial charge in [0.25, 0.3) is 0 Å². The first-order valence-electron chi connectivity index (χ1n) is 5.62. The highest BCUT2D eigenvalue weighted by Crippen LogP contribution is 2.25. The second-order valence-corrected chi connectivity index (χ2v) is 4.69. The van der Waals surface area contributed by atoms with Gasteiger partial charge in [0.15, 0.2) is 0 Å². The summed E-state index contributed by atoms with van der Waals surface area (Å²) in [7, 11) is 2.00. The van der Waals surface area contributed by atoms with Crippen LogP contribution in [-0.2, 0) is 0 Å². The van der Waals surface area contributed by atoms with Gasteiger partial charge in [0.1, 0.15) is 5.75 Å². The van der Waals surface area contributed by atoms with Crippen LogP contribution in [-0.4, -0.2) is 30.4 Å². The molecular formula is C13H21NO2. The molecule has 0 radical (unpaired) electrons. The zero-order chi connectivity index (χ0) is 12.2. The molecule has 90 valence electrons. The minimum Gasteiger partial charge on any atom is -0.508 e. The quantitative estimate of drug-likeness (QED) is 0.804. The van der Waals surface area contributed by atoms with Gasteiger partial charge in [-0.3, -0.25) is 0 Å². The van der Waals surface area contributed by atoms with Crippen molar-refractivity contribution in [3.63, 3.8) is 0 Å². The van der Waals surface area contributed by atoms with Gasteiger partial charge in [0.05, 0.1) is 6.61 Å². The highest BCUT2D eigenvalue weighted by atomic mass is 16.3. The first-order valence-corrected chi connectivity index (χ1v) is 5.62. The minimum atomic E-state index is -0.0767. The van der Waals surface area contributed by atoms with Crippen molar-refractivity contribution in [2.75, 3.05) is 25.1 Å². The number of aliphatic hydroxyl groups excluding tert-OH is 1. The number of hydrogen-bond donors (Lipinski definition) is 2. The smallest absolute Gasteiger partial charge is 0.115 e. The highest BCUT2D eigenvalue weighted by Gasteiger charge is 2.23. The number of anilines is 1. The fourth-order valence-corrected chi connectivity index (χ4v) is 1.64. The Bertz CT molecular complexity index is 317. The summed E-state index contributed by atoms with van der Waals surface area (Å²) < 4.78 is 0. The van der Waals surface area contributed by atoms with Crippen molar-refractivity contribution < 1.29 is 10.2 Å². The Morgan fingerprint density at radius 2 is 1.81 bits per heavy atom. The van der Waals surface area contributed by atoms with E-state index < -0.39 is 0 Å². The molecule has 0 aliphatic rings. The molecule has 0 spiro atoms. The fourth-order valence-electron chi connectivity index (χ4n) is 1.64. The molecule has 0 aliphatic carbocycles. The fraction of sp³-hybridized carbons (Fsp3) is 0.538. The lowest BCUT2D eigenvalue weighted by molar-refractivity contribution is 0.144. The largest absolute Gasteiger partial charge is 0.508 e. The summed E-state index contributed by atoms with van der Waals surface area (Å²) in [6.07, 6.45) is 0.936. The molecule has 0 bridgehead atoms. The maximum absolute atomic E-state index is 9.36. The molecule has 3 heteroatoms. The van der Waals surface area contributed by atoms with Gasteiger partial charge in [-0.05, 0) is 30.7 Å². The Labute approximate surface area is 97.3 Å². The molecule has 3 nitrogen and oxygen atoms in total. The molecule has 0 saturated carbocycles. The van der Waals surface area contributed by atoms with Crippen molar-refractivity contribution in [3.8, 4) is 5.75 Å². The van der Waals surface area contributed by atoms with Gasteiger partial charge in [0.2, 0.25) is 0 Å². The molecule has 2 N–H and O–H groups in total. The Kier molecular flexibility index (Phi) is 4.19. The minimum absolute atomic E-state index is 0.0767. The number of nitrogens with zero attached hydrogens (tertiary/aromatic N) is 1. The van der Waals surface area contributed by atoms with Crippen LogP contribution in [0.15, 0.2) is 24.3 Å². The monoisotopic (exact) mass is 223 g/mol. The average Bonchev–Trinajstić information content (AvgIpc) is 2.29. The summed E-state index contributed by atoms with van der Waals surface area (Å²) in [6, 6.07) is 7.10. The third-order valence-corrected chi connectivity index (χ3v) is 3.14. The summed E-state index contributed by atoms with van der Waals surface area (Å²) in [5, 5.41) is 18.6. The summed E-state index contributed by atoms with van der Waals surface area (Å²) in [6.45, 7) is 5.14. The molecule has 0 saturated heterocycles. The summed E-state index contributed by atoms with van der Waals surface area (Å²) >= 11 is 0. The molecule has 0 fully saturated rings. The van der Waals surface area contributed by atoms with Gasteiger partial charge in [-0.1, -0.05) is 13.8 Å². The molecule has 1 unspecified atom stereocenters. The van der Waals surface area contributed by atoms with Crippen LogP contribution in [0.4, 0.5) is 5.69 Å². The predicted octanol–water partition coefficient (Wildman–Crippen LogP) is 2.24. The van der Waals surface area contributed by atoms with Crippen LogP contribution in [0, 0.1) is 5.41 Å². The van der Waals surface area contributed by atoms with Gasteiger partial charge in [-0.25, -0.2) is 0 Å². The number of hydrogen-bond acceptors (Lipinski definition) is 3. The van der Waals surface area contributed by atoms with E-state index in [1.165, 1.54) is 0 Å². The van der Waals surface area contributed by atoms with Crippen LogP contribution in [0.2, 0.25) is 0 Å². The van der Waals surface area contributed by atoms with E-state index in [0.29, 0.717) is 0 Å². The Hall–Kier alpha value is -1.22. The van der Waals surface area contributed by atoms with Crippen LogP contribution >= 0.6 is 0 Å². The molecule has 1 atom stereocenters. The number of phenols is 1. The highest BCUT2D eigenvalue weighted by molar-refractivity contribution is 5.48. The molecule has 1 rings (SSSR count). The van der Waals surface area contributed by atoms with Crippen LogP contribution in [0.3, 0.4) is 0 Å². The van der Waals surface area contributed by atoms with Crippen LogP contribution < -0.4 is 4.90 Å². The van der Waals surface area contributed by atoms with E-state index in [1.54, 1.807) is 12.1 Å².